The predicted octanol–water partition coefficient (Wildman–Crippen LogP) is 3.24. The molecule has 2 nitrogen and oxygen atoms in total. The topological polar surface area (TPSA) is 52.0 Å². The Morgan fingerprint density at radius 3 is 2.00 bits per heavy atom. The highest BCUT2D eigenvalue weighted by Crippen LogP contribution is 2.15. The molecule has 3 heteroatoms. The Kier molecular flexibility index (Phi) is 5.01. The van der Waals surface area contributed by atoms with Crippen molar-refractivity contribution in [1.82, 2.24) is 0 Å². The van der Waals surface area contributed by atoms with Crippen LogP contribution in [0.2, 0.25) is 0 Å². The van der Waals surface area contributed by atoms with Gasteiger partial charge < -0.3 is 11.5 Å². The number of halogens is 1. The van der Waals surface area contributed by atoms with Gasteiger partial charge in [0.15, 0.2) is 0 Å². The van der Waals surface area contributed by atoms with Gasteiger partial charge in [0, 0.05) is 0 Å². The fourth-order valence-electron chi connectivity index (χ4n) is 1.26. The zero-order valence-electron chi connectivity index (χ0n) is 9.86. The van der Waals surface area contributed by atoms with E-state index in [0.717, 1.165) is 6.42 Å². The molecule has 17 heavy (non-hydrogen) atoms. The van der Waals surface area contributed by atoms with E-state index in [1.165, 1.54) is 17.7 Å². The largest absolute Gasteiger partial charge is 0.397 e. The number of benzene rings is 2. The molecule has 0 aromatic heterocycles. The third-order valence-electron chi connectivity index (χ3n) is 2.29. The van der Waals surface area contributed by atoms with Crippen LogP contribution in [-0.4, -0.2) is 0 Å². The summed E-state index contributed by atoms with van der Waals surface area (Å²) in [5.41, 5.74) is 13.7. The quantitative estimate of drug-likeness (QED) is 0.741. The van der Waals surface area contributed by atoms with Gasteiger partial charge in [0.25, 0.3) is 0 Å². The standard InChI is InChI=1S/C8H12N2.C6H5F/c1-2-6-3-4-7(9)8(10)5-6;7-6-4-2-1-3-5-6/h3-5H,2,9-10H2,1H3;1-5H. The molecular weight excluding hydrogens is 215 g/mol. The van der Waals surface area contributed by atoms with Crippen molar-refractivity contribution in [1.29, 1.82) is 0 Å². The number of aryl methyl sites for hydroxylation is 1. The van der Waals surface area contributed by atoms with Gasteiger partial charge in [-0.25, -0.2) is 4.39 Å². The van der Waals surface area contributed by atoms with Crippen LogP contribution in [0.1, 0.15) is 12.5 Å². The number of rotatable bonds is 1. The molecule has 2 aromatic rings. The second-order valence-electron chi connectivity index (χ2n) is 3.61. The van der Waals surface area contributed by atoms with E-state index in [9.17, 15) is 4.39 Å². The first kappa shape index (κ1) is 13.0. The molecule has 0 fully saturated rings. The number of anilines is 2. The lowest BCUT2D eigenvalue weighted by molar-refractivity contribution is 0.628. The lowest BCUT2D eigenvalue weighted by Crippen LogP contribution is -1.94. The van der Waals surface area contributed by atoms with Gasteiger partial charge in [-0.15, -0.1) is 0 Å². The van der Waals surface area contributed by atoms with E-state index in [1.807, 2.05) is 18.2 Å². The fraction of sp³-hybridized carbons (Fsp3) is 0.143. The number of nitrogens with two attached hydrogens (primary N) is 2. The van der Waals surface area contributed by atoms with Crippen LogP contribution in [0.3, 0.4) is 0 Å². The number of hydrogen-bond donors (Lipinski definition) is 2. The van der Waals surface area contributed by atoms with Gasteiger partial charge in [0.05, 0.1) is 11.4 Å². The summed E-state index contributed by atoms with van der Waals surface area (Å²) in [6.07, 6.45) is 1.00. The summed E-state index contributed by atoms with van der Waals surface area (Å²) >= 11 is 0. The van der Waals surface area contributed by atoms with Crippen LogP contribution in [0.25, 0.3) is 0 Å². The molecule has 0 unspecified atom stereocenters. The average molecular weight is 232 g/mol. The SMILES string of the molecule is CCc1ccc(N)c(N)c1.Fc1ccccc1. The maximum absolute atomic E-state index is 11.9. The zero-order chi connectivity index (χ0) is 12.7. The summed E-state index contributed by atoms with van der Waals surface area (Å²) in [6, 6.07) is 13.7. The van der Waals surface area contributed by atoms with Gasteiger partial charge in [-0.2, -0.15) is 0 Å². The average Bonchev–Trinajstić information content (AvgIpc) is 2.34. The van der Waals surface area contributed by atoms with Gasteiger partial charge >= 0.3 is 0 Å². The van der Waals surface area contributed by atoms with Crippen LogP contribution in [0.4, 0.5) is 15.8 Å². The summed E-state index contributed by atoms with van der Waals surface area (Å²) in [6.45, 7) is 2.09. The molecule has 0 aliphatic heterocycles. The van der Waals surface area contributed by atoms with Gasteiger partial charge in [-0.3, -0.25) is 0 Å². The van der Waals surface area contributed by atoms with E-state index < -0.39 is 0 Å². The van der Waals surface area contributed by atoms with Crippen LogP contribution < -0.4 is 11.5 Å². The molecule has 0 saturated heterocycles. The molecule has 0 aliphatic rings. The summed E-state index contributed by atoms with van der Waals surface area (Å²) in [5.74, 6) is -0.178. The molecule has 2 rings (SSSR count). The molecule has 0 heterocycles. The first-order valence-electron chi connectivity index (χ1n) is 5.48. The van der Waals surface area contributed by atoms with Crippen LogP contribution in [0, 0.1) is 5.82 Å². The van der Waals surface area contributed by atoms with Crippen molar-refractivity contribution in [2.45, 2.75) is 13.3 Å². The van der Waals surface area contributed by atoms with Crippen LogP contribution in [0.15, 0.2) is 48.5 Å². The van der Waals surface area contributed by atoms with E-state index in [0.29, 0.717) is 11.4 Å². The van der Waals surface area contributed by atoms with E-state index in [4.69, 9.17) is 11.5 Å². The summed E-state index contributed by atoms with van der Waals surface area (Å²) < 4.78 is 11.9. The van der Waals surface area contributed by atoms with Crippen molar-refractivity contribution in [3.05, 3.63) is 59.9 Å². The van der Waals surface area contributed by atoms with Crippen LogP contribution in [0.5, 0.6) is 0 Å². The Morgan fingerprint density at radius 2 is 1.59 bits per heavy atom. The van der Waals surface area contributed by atoms with Gasteiger partial charge in [0.2, 0.25) is 0 Å². The Morgan fingerprint density at radius 1 is 0.941 bits per heavy atom. The molecule has 90 valence electrons. The van der Waals surface area contributed by atoms with Crippen molar-refractivity contribution in [3.63, 3.8) is 0 Å². The van der Waals surface area contributed by atoms with Crippen molar-refractivity contribution >= 4 is 11.4 Å². The molecule has 0 amide bonds. The smallest absolute Gasteiger partial charge is 0.123 e. The summed E-state index contributed by atoms with van der Waals surface area (Å²) in [4.78, 5) is 0. The summed E-state index contributed by atoms with van der Waals surface area (Å²) in [5, 5.41) is 0. The second kappa shape index (κ2) is 6.53. The highest BCUT2D eigenvalue weighted by atomic mass is 19.1. The molecule has 0 aliphatic carbocycles. The molecule has 0 saturated carbocycles. The second-order valence-corrected chi connectivity index (χ2v) is 3.61. The third kappa shape index (κ3) is 4.55. The molecule has 0 atom stereocenters. The summed E-state index contributed by atoms with van der Waals surface area (Å²) in [7, 11) is 0. The zero-order valence-corrected chi connectivity index (χ0v) is 9.86. The van der Waals surface area contributed by atoms with Crippen molar-refractivity contribution in [2.24, 2.45) is 0 Å². The van der Waals surface area contributed by atoms with Gasteiger partial charge in [-0.1, -0.05) is 31.2 Å². The first-order valence-corrected chi connectivity index (χ1v) is 5.48. The van der Waals surface area contributed by atoms with Crippen LogP contribution in [-0.2, 0) is 6.42 Å². The fourth-order valence-corrected chi connectivity index (χ4v) is 1.26. The molecule has 0 radical (unpaired) electrons. The minimum atomic E-state index is -0.178. The highest BCUT2D eigenvalue weighted by Gasteiger charge is 1.93. The van der Waals surface area contributed by atoms with E-state index >= 15 is 0 Å². The monoisotopic (exact) mass is 232 g/mol. The normalized spacial score (nSPS) is 9.29. The van der Waals surface area contributed by atoms with Gasteiger partial charge in [-0.05, 0) is 36.2 Å². The molecule has 0 bridgehead atoms. The number of nitrogen functional groups attached to an aromatic ring is 2. The lowest BCUT2D eigenvalue weighted by atomic mass is 10.1. The molecular formula is C14H17FN2. The minimum absolute atomic E-state index is 0.178. The maximum atomic E-state index is 11.9. The Labute approximate surface area is 101 Å². The minimum Gasteiger partial charge on any atom is -0.397 e. The van der Waals surface area contributed by atoms with Crippen molar-refractivity contribution in [3.8, 4) is 0 Å². The molecule has 2 aromatic carbocycles. The van der Waals surface area contributed by atoms with E-state index in [1.54, 1.807) is 18.2 Å². The predicted molar refractivity (Wildman–Crippen MR) is 71.0 cm³/mol. The number of hydrogen-bond acceptors (Lipinski definition) is 2. The maximum Gasteiger partial charge on any atom is 0.123 e. The van der Waals surface area contributed by atoms with E-state index in [-0.39, 0.29) is 5.82 Å². The van der Waals surface area contributed by atoms with Crippen LogP contribution >= 0.6 is 0 Å². The molecule has 4 N–H and O–H groups in total. The first-order chi connectivity index (χ1) is 8.13. The van der Waals surface area contributed by atoms with Gasteiger partial charge in [0.1, 0.15) is 5.82 Å². The Balaban J connectivity index is 0.000000181. The lowest BCUT2D eigenvalue weighted by Gasteiger charge is -2.00. The Bertz CT molecular complexity index is 455. The Hall–Kier alpha value is -2.03. The highest BCUT2D eigenvalue weighted by molar-refractivity contribution is 5.63. The molecule has 0 spiro atoms. The van der Waals surface area contributed by atoms with Crippen molar-refractivity contribution in [2.75, 3.05) is 11.5 Å². The third-order valence-corrected chi connectivity index (χ3v) is 2.29. The van der Waals surface area contributed by atoms with Crippen molar-refractivity contribution < 1.29 is 4.39 Å². The van der Waals surface area contributed by atoms with E-state index in [2.05, 4.69) is 6.92 Å².